The van der Waals surface area contributed by atoms with Crippen molar-refractivity contribution in [2.75, 3.05) is 23.0 Å². The quantitative estimate of drug-likeness (QED) is 0.262. The second-order valence-electron chi connectivity index (χ2n) is 6.50. The van der Waals surface area contributed by atoms with Gasteiger partial charge in [-0.3, -0.25) is 14.9 Å². The van der Waals surface area contributed by atoms with E-state index in [9.17, 15) is 14.9 Å². The Hall–Kier alpha value is -3.18. The number of nitrogens with one attached hydrogen (secondary N) is 2. The zero-order valence-electron chi connectivity index (χ0n) is 17.2. The molecular formula is C20H21N5O4S2. The van der Waals surface area contributed by atoms with E-state index in [-0.39, 0.29) is 23.0 Å². The van der Waals surface area contributed by atoms with Crippen molar-refractivity contribution in [3.63, 3.8) is 0 Å². The van der Waals surface area contributed by atoms with E-state index < -0.39 is 4.92 Å². The van der Waals surface area contributed by atoms with Gasteiger partial charge in [0.2, 0.25) is 11.0 Å². The van der Waals surface area contributed by atoms with Crippen LogP contribution in [-0.2, 0) is 4.79 Å². The molecule has 3 aromatic rings. The third-order valence-electron chi connectivity index (χ3n) is 4.24. The SMILES string of the molecule is CCOc1ccc(NC(=O)CSc2nnc(Nc3ccc(C)c(C)c3)s2)c([N+](=O)[O-])c1. The van der Waals surface area contributed by atoms with Crippen LogP contribution in [-0.4, -0.2) is 33.4 Å². The number of aryl methyl sites for hydroxylation is 2. The van der Waals surface area contributed by atoms with Gasteiger partial charge in [-0.05, 0) is 56.2 Å². The van der Waals surface area contributed by atoms with Gasteiger partial charge >= 0.3 is 0 Å². The van der Waals surface area contributed by atoms with Crippen LogP contribution in [0.15, 0.2) is 40.7 Å². The van der Waals surface area contributed by atoms with Crippen molar-refractivity contribution < 1.29 is 14.5 Å². The van der Waals surface area contributed by atoms with Crippen molar-refractivity contribution in [1.29, 1.82) is 0 Å². The lowest BCUT2D eigenvalue weighted by Crippen LogP contribution is -2.15. The summed E-state index contributed by atoms with van der Waals surface area (Å²) in [6.45, 7) is 6.26. The van der Waals surface area contributed by atoms with Crippen LogP contribution in [0.1, 0.15) is 18.1 Å². The van der Waals surface area contributed by atoms with Gasteiger partial charge in [0.25, 0.3) is 5.69 Å². The largest absolute Gasteiger partial charge is 0.494 e. The summed E-state index contributed by atoms with van der Waals surface area (Å²) in [6.07, 6.45) is 0. The summed E-state index contributed by atoms with van der Waals surface area (Å²) in [7, 11) is 0. The van der Waals surface area contributed by atoms with E-state index in [0.29, 0.717) is 21.8 Å². The summed E-state index contributed by atoms with van der Waals surface area (Å²) in [5.74, 6) is 0.0400. The van der Waals surface area contributed by atoms with Gasteiger partial charge in [0, 0.05) is 5.69 Å². The Kier molecular flexibility index (Phi) is 7.42. The molecule has 162 valence electrons. The molecule has 0 radical (unpaired) electrons. The first-order chi connectivity index (χ1) is 14.9. The normalized spacial score (nSPS) is 10.5. The summed E-state index contributed by atoms with van der Waals surface area (Å²) < 4.78 is 5.89. The number of ether oxygens (including phenoxy) is 1. The maximum Gasteiger partial charge on any atom is 0.296 e. The van der Waals surface area contributed by atoms with E-state index in [0.717, 1.165) is 5.69 Å². The number of amides is 1. The Bertz CT molecular complexity index is 1100. The number of hydrogen-bond acceptors (Lipinski definition) is 9. The van der Waals surface area contributed by atoms with Crippen molar-refractivity contribution in [1.82, 2.24) is 10.2 Å². The summed E-state index contributed by atoms with van der Waals surface area (Å²) in [4.78, 5) is 23.0. The Morgan fingerprint density at radius 2 is 2.00 bits per heavy atom. The van der Waals surface area contributed by atoms with Crippen molar-refractivity contribution in [3.8, 4) is 5.75 Å². The fourth-order valence-electron chi connectivity index (χ4n) is 2.60. The van der Waals surface area contributed by atoms with E-state index in [2.05, 4.69) is 20.8 Å². The fourth-order valence-corrected chi connectivity index (χ4v) is 4.17. The lowest BCUT2D eigenvalue weighted by Gasteiger charge is -2.08. The monoisotopic (exact) mass is 459 g/mol. The Morgan fingerprint density at radius 1 is 1.19 bits per heavy atom. The van der Waals surface area contributed by atoms with Gasteiger partial charge in [0.05, 0.1) is 23.3 Å². The number of carbonyl (C=O) groups is 1. The van der Waals surface area contributed by atoms with Gasteiger partial charge in [0.1, 0.15) is 11.4 Å². The van der Waals surface area contributed by atoms with Gasteiger partial charge in [-0.1, -0.05) is 29.2 Å². The molecule has 1 amide bonds. The van der Waals surface area contributed by atoms with Crippen LogP contribution < -0.4 is 15.4 Å². The molecule has 11 heteroatoms. The van der Waals surface area contributed by atoms with Gasteiger partial charge < -0.3 is 15.4 Å². The second kappa shape index (κ2) is 10.2. The maximum atomic E-state index is 12.3. The lowest BCUT2D eigenvalue weighted by molar-refractivity contribution is -0.384. The summed E-state index contributed by atoms with van der Waals surface area (Å²) in [5, 5.41) is 25.9. The molecule has 0 aliphatic carbocycles. The first-order valence-electron chi connectivity index (χ1n) is 9.37. The van der Waals surface area contributed by atoms with Crippen molar-refractivity contribution in [2.24, 2.45) is 0 Å². The summed E-state index contributed by atoms with van der Waals surface area (Å²) >= 11 is 2.54. The molecule has 0 saturated carbocycles. The lowest BCUT2D eigenvalue weighted by atomic mass is 10.1. The fraction of sp³-hybridized carbons (Fsp3) is 0.250. The summed E-state index contributed by atoms with van der Waals surface area (Å²) in [5.41, 5.74) is 3.19. The Morgan fingerprint density at radius 3 is 2.71 bits per heavy atom. The number of benzene rings is 2. The molecule has 0 atom stereocenters. The van der Waals surface area contributed by atoms with Crippen molar-refractivity contribution in [3.05, 3.63) is 57.6 Å². The number of hydrogen-bond donors (Lipinski definition) is 2. The number of anilines is 3. The predicted molar refractivity (Wildman–Crippen MR) is 123 cm³/mol. The molecule has 0 spiro atoms. The van der Waals surface area contributed by atoms with Crippen LogP contribution in [0, 0.1) is 24.0 Å². The van der Waals surface area contributed by atoms with E-state index >= 15 is 0 Å². The van der Waals surface area contributed by atoms with E-state index in [1.165, 1.54) is 46.4 Å². The highest BCUT2D eigenvalue weighted by atomic mass is 32.2. The first-order valence-corrected chi connectivity index (χ1v) is 11.2. The summed E-state index contributed by atoms with van der Waals surface area (Å²) in [6, 6.07) is 10.4. The van der Waals surface area contributed by atoms with Crippen LogP contribution in [0.2, 0.25) is 0 Å². The van der Waals surface area contributed by atoms with Crippen LogP contribution in [0.5, 0.6) is 5.75 Å². The number of thioether (sulfide) groups is 1. The van der Waals surface area contributed by atoms with E-state index in [1.807, 2.05) is 32.0 Å². The molecule has 0 aliphatic heterocycles. The molecule has 1 aromatic heterocycles. The predicted octanol–water partition coefficient (Wildman–Crippen LogP) is 4.94. The number of nitro benzene ring substituents is 1. The molecular weight excluding hydrogens is 438 g/mol. The van der Waals surface area contributed by atoms with Crippen LogP contribution in [0.4, 0.5) is 22.2 Å². The van der Waals surface area contributed by atoms with Gasteiger partial charge in [-0.15, -0.1) is 10.2 Å². The number of nitro groups is 1. The van der Waals surface area contributed by atoms with E-state index in [4.69, 9.17) is 4.74 Å². The topological polar surface area (TPSA) is 119 Å². The second-order valence-corrected chi connectivity index (χ2v) is 8.70. The van der Waals surface area contributed by atoms with Crippen LogP contribution >= 0.6 is 23.1 Å². The third-order valence-corrected chi connectivity index (χ3v) is 6.21. The minimum absolute atomic E-state index is 0.0443. The molecule has 2 N–H and O–H groups in total. The molecule has 31 heavy (non-hydrogen) atoms. The average Bonchev–Trinajstić information content (AvgIpc) is 3.18. The molecule has 3 rings (SSSR count). The van der Waals surface area contributed by atoms with Crippen LogP contribution in [0.3, 0.4) is 0 Å². The highest BCUT2D eigenvalue weighted by Crippen LogP contribution is 2.31. The zero-order valence-corrected chi connectivity index (χ0v) is 18.8. The van der Waals surface area contributed by atoms with Gasteiger partial charge in [0.15, 0.2) is 4.34 Å². The number of carbonyl (C=O) groups excluding carboxylic acids is 1. The number of aromatic nitrogens is 2. The molecule has 2 aromatic carbocycles. The van der Waals surface area contributed by atoms with E-state index in [1.54, 1.807) is 13.0 Å². The van der Waals surface area contributed by atoms with Gasteiger partial charge in [-0.25, -0.2) is 0 Å². The van der Waals surface area contributed by atoms with Crippen molar-refractivity contribution in [2.45, 2.75) is 25.1 Å². The number of nitrogens with zero attached hydrogens (tertiary/aromatic N) is 3. The molecule has 0 unspecified atom stereocenters. The third kappa shape index (κ3) is 6.15. The number of rotatable bonds is 9. The maximum absolute atomic E-state index is 12.3. The highest BCUT2D eigenvalue weighted by Gasteiger charge is 2.18. The average molecular weight is 460 g/mol. The molecule has 0 saturated heterocycles. The minimum Gasteiger partial charge on any atom is -0.494 e. The molecule has 9 nitrogen and oxygen atoms in total. The van der Waals surface area contributed by atoms with Gasteiger partial charge in [-0.2, -0.15) is 0 Å². The highest BCUT2D eigenvalue weighted by molar-refractivity contribution is 8.01. The molecule has 0 bridgehead atoms. The first kappa shape index (κ1) is 22.5. The smallest absolute Gasteiger partial charge is 0.296 e. The minimum atomic E-state index is -0.555. The zero-order chi connectivity index (χ0) is 22.4. The Labute approximate surface area is 187 Å². The molecule has 0 aliphatic rings. The Balaban J connectivity index is 1.58. The molecule has 0 fully saturated rings. The standard InChI is InChI=1S/C20H21N5O4S2/c1-4-29-15-7-8-16(17(10-15)25(27)28)22-18(26)11-30-20-24-23-19(31-20)21-14-6-5-12(2)13(3)9-14/h5-10H,4,11H2,1-3H3,(H,21,23)(H,22,26). The van der Waals surface area contributed by atoms with Crippen LogP contribution in [0.25, 0.3) is 0 Å². The molecule has 1 heterocycles. The van der Waals surface area contributed by atoms with Crippen molar-refractivity contribution >= 4 is 51.2 Å².